The monoisotopic (exact) mass is 350 g/mol. The van der Waals surface area contributed by atoms with Crippen LogP contribution in [-0.4, -0.2) is 38.0 Å². The van der Waals surface area contributed by atoms with Crippen LogP contribution in [0.5, 0.6) is 0 Å². The summed E-state index contributed by atoms with van der Waals surface area (Å²) in [6.45, 7) is -0.141. The Morgan fingerprint density at radius 2 is 2.08 bits per heavy atom. The maximum atomic E-state index is 12.3. The van der Waals surface area contributed by atoms with Gasteiger partial charge in [0.15, 0.2) is 0 Å². The number of hydrogen-bond donors (Lipinski definition) is 3. The van der Waals surface area contributed by atoms with Crippen LogP contribution in [0.3, 0.4) is 0 Å². The first-order chi connectivity index (χ1) is 11.3. The molecule has 24 heavy (non-hydrogen) atoms. The summed E-state index contributed by atoms with van der Waals surface area (Å²) in [6.07, 6.45) is 6.52. The van der Waals surface area contributed by atoms with Crippen molar-refractivity contribution in [2.24, 2.45) is 5.92 Å². The molecule has 0 unspecified atom stereocenters. The summed E-state index contributed by atoms with van der Waals surface area (Å²) >= 11 is 0. The second-order valence-electron chi connectivity index (χ2n) is 5.58. The molecule has 0 saturated heterocycles. The van der Waals surface area contributed by atoms with Gasteiger partial charge in [0.05, 0.1) is 17.4 Å². The van der Waals surface area contributed by atoms with Crippen LogP contribution in [0.1, 0.15) is 29.6 Å². The molecule has 1 aliphatic carbocycles. The fourth-order valence-corrected chi connectivity index (χ4v) is 3.61. The first-order valence-electron chi connectivity index (χ1n) is 7.40. The number of carboxylic acids is 1. The SMILES string of the molecule is C#CCNS(=O)(=O)c1cccc(C(=O)N[C@H]2CC[C@@H](C(=O)O)C2)c1. The van der Waals surface area contributed by atoms with Crippen molar-refractivity contribution in [3.8, 4) is 12.3 Å². The molecule has 1 amide bonds. The average molecular weight is 350 g/mol. The predicted octanol–water partition coefficient (Wildman–Crippen LogP) is 0.581. The zero-order valence-electron chi connectivity index (χ0n) is 12.9. The smallest absolute Gasteiger partial charge is 0.306 e. The number of amides is 1. The minimum Gasteiger partial charge on any atom is -0.481 e. The molecule has 0 radical (unpaired) electrons. The summed E-state index contributed by atoms with van der Waals surface area (Å²) in [7, 11) is -3.78. The molecular formula is C16H18N2O5S. The Bertz CT molecular complexity index is 782. The Morgan fingerprint density at radius 1 is 1.33 bits per heavy atom. The Hall–Kier alpha value is -2.37. The molecule has 7 nitrogen and oxygen atoms in total. The molecule has 1 aromatic carbocycles. The lowest BCUT2D eigenvalue weighted by Crippen LogP contribution is -2.33. The van der Waals surface area contributed by atoms with Gasteiger partial charge in [0.2, 0.25) is 10.0 Å². The van der Waals surface area contributed by atoms with Gasteiger partial charge in [-0.3, -0.25) is 9.59 Å². The number of hydrogen-bond acceptors (Lipinski definition) is 4. The van der Waals surface area contributed by atoms with E-state index in [9.17, 15) is 18.0 Å². The van der Waals surface area contributed by atoms with Gasteiger partial charge in [-0.2, -0.15) is 4.72 Å². The summed E-state index contributed by atoms with van der Waals surface area (Å²) < 4.78 is 26.3. The fraction of sp³-hybridized carbons (Fsp3) is 0.375. The van der Waals surface area contributed by atoms with Crippen LogP contribution >= 0.6 is 0 Å². The Morgan fingerprint density at radius 3 is 2.71 bits per heavy atom. The van der Waals surface area contributed by atoms with Crippen molar-refractivity contribution in [1.29, 1.82) is 0 Å². The highest BCUT2D eigenvalue weighted by molar-refractivity contribution is 7.89. The van der Waals surface area contributed by atoms with Crippen LogP contribution in [0, 0.1) is 18.3 Å². The summed E-state index contributed by atoms with van der Waals surface area (Å²) in [6, 6.07) is 5.37. The van der Waals surface area contributed by atoms with Crippen molar-refractivity contribution in [3.05, 3.63) is 29.8 Å². The van der Waals surface area contributed by atoms with E-state index in [4.69, 9.17) is 11.5 Å². The van der Waals surface area contributed by atoms with Crippen LogP contribution in [0.4, 0.5) is 0 Å². The van der Waals surface area contributed by atoms with Crippen molar-refractivity contribution in [1.82, 2.24) is 10.0 Å². The first-order valence-corrected chi connectivity index (χ1v) is 8.88. The molecule has 0 bridgehead atoms. The van der Waals surface area contributed by atoms with Gasteiger partial charge in [0.25, 0.3) is 5.91 Å². The number of aliphatic carboxylic acids is 1. The number of carbonyl (C=O) groups excluding carboxylic acids is 1. The van der Waals surface area contributed by atoms with Crippen LogP contribution in [-0.2, 0) is 14.8 Å². The van der Waals surface area contributed by atoms with Gasteiger partial charge < -0.3 is 10.4 Å². The minimum atomic E-state index is -3.78. The van der Waals surface area contributed by atoms with Gasteiger partial charge in [0.1, 0.15) is 0 Å². The first kappa shape index (κ1) is 18.0. The third-order valence-electron chi connectivity index (χ3n) is 3.89. The van der Waals surface area contributed by atoms with Crippen LogP contribution in [0.2, 0.25) is 0 Å². The summed E-state index contributed by atoms with van der Waals surface area (Å²) in [4.78, 5) is 23.2. The molecule has 128 valence electrons. The number of terminal acetylenes is 1. The molecule has 0 heterocycles. The highest BCUT2D eigenvalue weighted by Gasteiger charge is 2.30. The van der Waals surface area contributed by atoms with Crippen molar-refractivity contribution in [2.45, 2.75) is 30.2 Å². The van der Waals surface area contributed by atoms with Crippen molar-refractivity contribution in [3.63, 3.8) is 0 Å². The molecule has 8 heteroatoms. The maximum absolute atomic E-state index is 12.3. The zero-order valence-corrected chi connectivity index (χ0v) is 13.7. The van der Waals surface area contributed by atoms with E-state index in [1.54, 1.807) is 0 Å². The molecule has 2 atom stereocenters. The van der Waals surface area contributed by atoms with Gasteiger partial charge in [-0.25, -0.2) is 8.42 Å². The average Bonchev–Trinajstić information content (AvgIpc) is 3.02. The van der Waals surface area contributed by atoms with E-state index in [1.165, 1.54) is 24.3 Å². The lowest BCUT2D eigenvalue weighted by atomic mass is 10.1. The number of benzene rings is 1. The fourth-order valence-electron chi connectivity index (χ4n) is 2.63. The summed E-state index contributed by atoms with van der Waals surface area (Å²) in [5.74, 6) is 0.434. The van der Waals surface area contributed by atoms with Crippen LogP contribution in [0.25, 0.3) is 0 Å². The Kier molecular flexibility index (Phi) is 5.59. The van der Waals surface area contributed by atoms with E-state index >= 15 is 0 Å². The predicted molar refractivity (Wildman–Crippen MR) is 86.7 cm³/mol. The van der Waals surface area contributed by atoms with E-state index < -0.39 is 27.8 Å². The molecule has 1 fully saturated rings. The third kappa shape index (κ3) is 4.34. The van der Waals surface area contributed by atoms with Gasteiger partial charge in [-0.15, -0.1) is 6.42 Å². The van der Waals surface area contributed by atoms with Crippen LogP contribution < -0.4 is 10.0 Å². The third-order valence-corrected chi connectivity index (χ3v) is 5.29. The largest absolute Gasteiger partial charge is 0.481 e. The zero-order chi connectivity index (χ0) is 17.7. The lowest BCUT2D eigenvalue weighted by Gasteiger charge is -2.13. The van der Waals surface area contributed by atoms with Crippen molar-refractivity contribution < 1.29 is 23.1 Å². The molecule has 1 aliphatic rings. The molecule has 0 aromatic heterocycles. The molecule has 0 aliphatic heterocycles. The number of carbonyl (C=O) groups is 2. The summed E-state index contributed by atoms with van der Waals surface area (Å²) in [5, 5.41) is 11.7. The number of nitrogens with one attached hydrogen (secondary N) is 2. The van der Waals surface area contributed by atoms with Gasteiger partial charge in [-0.05, 0) is 37.5 Å². The quantitative estimate of drug-likeness (QED) is 0.650. The second kappa shape index (κ2) is 7.47. The number of carboxylic acid groups (broad SMARTS) is 1. The molecule has 1 saturated carbocycles. The van der Waals surface area contributed by atoms with Gasteiger partial charge in [0, 0.05) is 11.6 Å². The maximum Gasteiger partial charge on any atom is 0.306 e. The number of rotatable bonds is 6. The molecule has 0 spiro atoms. The minimum absolute atomic E-state index is 0.0553. The standard InChI is InChI=1S/C16H18N2O5S/c1-2-8-17-24(22,23)14-5-3-4-11(10-14)15(19)18-13-7-6-12(9-13)16(20)21/h1,3-5,10,12-13,17H,6-9H2,(H,18,19)(H,20,21)/t12-,13+/m1/s1. The van der Waals surface area contributed by atoms with Gasteiger partial charge >= 0.3 is 5.97 Å². The topological polar surface area (TPSA) is 113 Å². The van der Waals surface area contributed by atoms with E-state index in [2.05, 4.69) is 16.0 Å². The van der Waals surface area contributed by atoms with Crippen molar-refractivity contribution >= 4 is 21.9 Å². The van der Waals surface area contributed by atoms with E-state index in [0.29, 0.717) is 19.3 Å². The Balaban J connectivity index is 2.07. The van der Waals surface area contributed by atoms with E-state index in [0.717, 1.165) is 0 Å². The Labute approximate surface area is 140 Å². The second-order valence-corrected chi connectivity index (χ2v) is 7.34. The van der Waals surface area contributed by atoms with Crippen LogP contribution in [0.15, 0.2) is 29.2 Å². The molecule has 2 rings (SSSR count). The molecule has 3 N–H and O–H groups in total. The molecule has 1 aromatic rings. The summed E-state index contributed by atoms with van der Waals surface area (Å²) in [5.41, 5.74) is 0.192. The highest BCUT2D eigenvalue weighted by atomic mass is 32.2. The molecular weight excluding hydrogens is 332 g/mol. The normalized spacial score (nSPS) is 20.3. The lowest BCUT2D eigenvalue weighted by molar-refractivity contribution is -0.141. The number of sulfonamides is 1. The van der Waals surface area contributed by atoms with Crippen molar-refractivity contribution in [2.75, 3.05) is 6.54 Å². The highest BCUT2D eigenvalue weighted by Crippen LogP contribution is 2.26. The van der Waals surface area contributed by atoms with E-state index in [1.807, 2.05) is 0 Å². The van der Waals surface area contributed by atoms with E-state index in [-0.39, 0.29) is 23.0 Å². The van der Waals surface area contributed by atoms with Gasteiger partial charge in [-0.1, -0.05) is 12.0 Å².